The molecule has 0 aromatic carbocycles. The van der Waals surface area contributed by atoms with Gasteiger partial charge < -0.3 is 10.1 Å². The van der Waals surface area contributed by atoms with Crippen LogP contribution in [-0.2, 0) is 10.0 Å². The predicted octanol–water partition coefficient (Wildman–Crippen LogP) is -0.574. The highest BCUT2D eigenvalue weighted by Crippen LogP contribution is 1.99. The molecule has 90 valence electrons. The molecule has 0 fully saturated rings. The van der Waals surface area contributed by atoms with Crippen molar-refractivity contribution >= 4 is 10.0 Å². The highest BCUT2D eigenvalue weighted by molar-refractivity contribution is 7.89. The van der Waals surface area contributed by atoms with Crippen LogP contribution >= 0.6 is 0 Å². The maximum Gasteiger partial charge on any atom is 0.245 e. The Morgan fingerprint density at radius 2 is 2.12 bits per heavy atom. The van der Waals surface area contributed by atoms with Gasteiger partial charge in [0.2, 0.25) is 15.5 Å². The monoisotopic (exact) mass is 246 g/mol. The third-order valence-electron chi connectivity index (χ3n) is 1.95. The topological polar surface area (TPSA) is 99.3 Å². The fourth-order valence-corrected chi connectivity index (χ4v) is 2.26. The average Bonchev–Trinajstić information content (AvgIpc) is 2.25. The maximum atomic E-state index is 11.6. The molecule has 1 aromatic heterocycles. The predicted molar refractivity (Wildman–Crippen MR) is 58.6 cm³/mol. The van der Waals surface area contributed by atoms with Gasteiger partial charge in [-0.1, -0.05) is 0 Å². The molecule has 0 aliphatic carbocycles. The molecular formula is C9H14N2O4S. The quantitative estimate of drug-likeness (QED) is 0.585. The number of hydrogen-bond donors (Lipinski definition) is 3. The van der Waals surface area contributed by atoms with Crippen molar-refractivity contribution in [2.24, 2.45) is 0 Å². The standard InChI is InChI=1S/C9H14N2O4S/c12-6-2-1-4-11-16(14,15)9-7-10-5-3-8(9)13/h3,5,7,11-12H,1-2,4,6H2,(H,10,13). The molecule has 0 saturated heterocycles. The zero-order valence-corrected chi connectivity index (χ0v) is 9.46. The van der Waals surface area contributed by atoms with E-state index in [2.05, 4.69) is 9.71 Å². The van der Waals surface area contributed by atoms with Gasteiger partial charge in [-0.05, 0) is 12.8 Å². The molecule has 1 aromatic rings. The molecule has 0 unspecified atom stereocenters. The van der Waals surface area contributed by atoms with Crippen LogP contribution < -0.4 is 10.2 Å². The van der Waals surface area contributed by atoms with E-state index in [4.69, 9.17) is 5.11 Å². The summed E-state index contributed by atoms with van der Waals surface area (Å²) in [5.74, 6) is 0. The molecule has 16 heavy (non-hydrogen) atoms. The first-order valence-corrected chi connectivity index (χ1v) is 6.34. The number of pyridine rings is 1. The number of hydrogen-bond acceptors (Lipinski definition) is 4. The smallest absolute Gasteiger partial charge is 0.245 e. The first-order valence-electron chi connectivity index (χ1n) is 4.85. The minimum absolute atomic E-state index is 0.0215. The van der Waals surface area contributed by atoms with Gasteiger partial charge in [-0.15, -0.1) is 0 Å². The van der Waals surface area contributed by atoms with Crippen LogP contribution in [0.2, 0.25) is 0 Å². The van der Waals surface area contributed by atoms with Crippen molar-refractivity contribution in [1.82, 2.24) is 9.71 Å². The van der Waals surface area contributed by atoms with Gasteiger partial charge in [-0.3, -0.25) is 4.79 Å². The average molecular weight is 246 g/mol. The van der Waals surface area contributed by atoms with Crippen molar-refractivity contribution in [2.45, 2.75) is 17.7 Å². The minimum atomic E-state index is -3.75. The van der Waals surface area contributed by atoms with Gasteiger partial charge >= 0.3 is 0 Å². The summed E-state index contributed by atoms with van der Waals surface area (Å²) in [7, 11) is -3.75. The number of aromatic nitrogens is 1. The number of sulfonamides is 1. The Morgan fingerprint density at radius 3 is 2.75 bits per heavy atom. The lowest BCUT2D eigenvalue weighted by Gasteiger charge is -2.04. The molecule has 0 amide bonds. The van der Waals surface area contributed by atoms with Crippen LogP contribution in [0.3, 0.4) is 0 Å². The fraction of sp³-hybridized carbons (Fsp3) is 0.444. The fourth-order valence-electron chi connectivity index (χ4n) is 1.13. The number of nitrogens with one attached hydrogen (secondary N) is 2. The molecule has 0 atom stereocenters. The molecule has 6 nitrogen and oxygen atoms in total. The van der Waals surface area contributed by atoms with E-state index in [1.807, 2.05) is 0 Å². The largest absolute Gasteiger partial charge is 0.396 e. The molecule has 0 aliphatic rings. The van der Waals surface area contributed by atoms with Crippen LogP contribution in [0.5, 0.6) is 0 Å². The summed E-state index contributed by atoms with van der Waals surface area (Å²) in [5.41, 5.74) is -0.548. The highest BCUT2D eigenvalue weighted by Gasteiger charge is 2.16. The van der Waals surface area contributed by atoms with Crippen LogP contribution in [0.1, 0.15) is 12.8 Å². The van der Waals surface area contributed by atoms with E-state index in [1.165, 1.54) is 6.20 Å². The Labute approximate surface area is 93.4 Å². The summed E-state index contributed by atoms with van der Waals surface area (Å²) in [6, 6.07) is 1.16. The second kappa shape index (κ2) is 5.78. The van der Waals surface area contributed by atoms with Gasteiger partial charge in [0.25, 0.3) is 0 Å². The summed E-state index contributed by atoms with van der Waals surface area (Å²) in [4.78, 5) is 13.5. The van der Waals surface area contributed by atoms with E-state index >= 15 is 0 Å². The van der Waals surface area contributed by atoms with Crippen molar-refractivity contribution < 1.29 is 13.5 Å². The third kappa shape index (κ3) is 3.44. The zero-order chi connectivity index (χ0) is 12.0. The van der Waals surface area contributed by atoms with E-state index in [0.29, 0.717) is 12.8 Å². The Hall–Kier alpha value is -1.18. The second-order valence-electron chi connectivity index (χ2n) is 3.20. The summed E-state index contributed by atoms with van der Waals surface area (Å²) in [6.45, 7) is 0.227. The van der Waals surface area contributed by atoms with Gasteiger partial charge in [0.15, 0.2) is 0 Å². The molecule has 0 radical (unpaired) electrons. The van der Waals surface area contributed by atoms with Crippen LogP contribution in [-0.4, -0.2) is 31.7 Å². The molecule has 0 bridgehead atoms. The van der Waals surface area contributed by atoms with Crippen LogP contribution in [0, 0.1) is 0 Å². The van der Waals surface area contributed by atoms with Crippen LogP contribution in [0.15, 0.2) is 28.2 Å². The van der Waals surface area contributed by atoms with Crippen molar-refractivity contribution in [3.63, 3.8) is 0 Å². The SMILES string of the molecule is O=c1cc[nH]cc1S(=O)(=O)NCCCCO. The number of H-pyrrole nitrogens is 1. The lowest BCUT2D eigenvalue weighted by molar-refractivity contribution is 0.285. The van der Waals surface area contributed by atoms with Gasteiger partial charge in [0.1, 0.15) is 4.90 Å². The maximum absolute atomic E-state index is 11.6. The van der Waals surface area contributed by atoms with Crippen molar-refractivity contribution in [2.75, 3.05) is 13.2 Å². The summed E-state index contributed by atoms with van der Waals surface area (Å²) in [5, 5.41) is 8.52. The first kappa shape index (κ1) is 12.9. The Bertz CT molecular complexity index is 480. The van der Waals surface area contributed by atoms with Crippen LogP contribution in [0.25, 0.3) is 0 Å². The van der Waals surface area contributed by atoms with E-state index in [-0.39, 0.29) is 18.0 Å². The van der Waals surface area contributed by atoms with Crippen molar-refractivity contribution in [1.29, 1.82) is 0 Å². The van der Waals surface area contributed by atoms with E-state index in [0.717, 1.165) is 12.3 Å². The van der Waals surface area contributed by atoms with Crippen LogP contribution in [0.4, 0.5) is 0 Å². The third-order valence-corrected chi connectivity index (χ3v) is 3.44. The molecule has 0 aliphatic heterocycles. The Balaban J connectivity index is 2.72. The summed E-state index contributed by atoms with van der Waals surface area (Å²) >= 11 is 0. The molecular weight excluding hydrogens is 232 g/mol. The second-order valence-corrected chi connectivity index (χ2v) is 4.94. The lowest BCUT2D eigenvalue weighted by Crippen LogP contribution is -2.29. The van der Waals surface area contributed by atoms with Gasteiger partial charge in [-0.25, -0.2) is 13.1 Å². The Morgan fingerprint density at radius 1 is 1.38 bits per heavy atom. The molecule has 0 spiro atoms. The lowest BCUT2D eigenvalue weighted by atomic mass is 10.3. The number of aliphatic hydroxyl groups excluding tert-OH is 1. The molecule has 7 heteroatoms. The summed E-state index contributed by atoms with van der Waals surface area (Å²) in [6.07, 6.45) is 3.57. The molecule has 0 saturated carbocycles. The highest BCUT2D eigenvalue weighted by atomic mass is 32.2. The van der Waals surface area contributed by atoms with E-state index in [1.54, 1.807) is 0 Å². The van der Waals surface area contributed by atoms with E-state index in [9.17, 15) is 13.2 Å². The molecule has 1 rings (SSSR count). The molecule has 3 N–H and O–H groups in total. The Kier molecular flexibility index (Phi) is 4.66. The van der Waals surface area contributed by atoms with E-state index < -0.39 is 15.5 Å². The normalized spacial score (nSPS) is 11.6. The van der Waals surface area contributed by atoms with Crippen molar-refractivity contribution in [3.05, 3.63) is 28.7 Å². The number of rotatable bonds is 6. The number of aromatic amines is 1. The molecule has 1 heterocycles. The zero-order valence-electron chi connectivity index (χ0n) is 8.64. The minimum Gasteiger partial charge on any atom is -0.396 e. The number of unbranched alkanes of at least 4 members (excludes halogenated alkanes) is 1. The van der Waals surface area contributed by atoms with Gasteiger partial charge in [0, 0.05) is 31.6 Å². The van der Waals surface area contributed by atoms with Gasteiger partial charge in [-0.2, -0.15) is 0 Å². The van der Waals surface area contributed by atoms with Crippen molar-refractivity contribution in [3.8, 4) is 0 Å². The number of aliphatic hydroxyl groups is 1. The first-order chi connectivity index (χ1) is 7.58. The summed E-state index contributed by atoms with van der Waals surface area (Å²) < 4.78 is 25.5. The van der Waals surface area contributed by atoms with Gasteiger partial charge in [0.05, 0.1) is 0 Å².